The van der Waals surface area contributed by atoms with E-state index in [-0.39, 0.29) is 17.3 Å². The molecule has 0 bridgehead atoms. The van der Waals surface area contributed by atoms with Crippen molar-refractivity contribution in [2.45, 2.75) is 31.1 Å². The van der Waals surface area contributed by atoms with Crippen molar-refractivity contribution >= 4 is 17.0 Å². The monoisotopic (exact) mass is 297 g/mol. The number of anilines is 1. The molecule has 0 amide bonds. The lowest BCUT2D eigenvalue weighted by molar-refractivity contribution is -0.0511. The van der Waals surface area contributed by atoms with Gasteiger partial charge in [0.1, 0.15) is 30.4 Å². The Labute approximate surface area is 118 Å². The average Bonchev–Trinajstić information content (AvgIpc) is 3.02. The predicted molar refractivity (Wildman–Crippen MR) is 68.7 cm³/mol. The number of imidazole rings is 1. The number of aromatic nitrogens is 4. The Morgan fingerprint density at radius 1 is 1.24 bits per heavy atom. The summed E-state index contributed by atoms with van der Waals surface area (Å²) in [6.45, 7) is -0.832. The fourth-order valence-corrected chi connectivity index (χ4v) is 2.35. The van der Waals surface area contributed by atoms with Crippen LogP contribution in [0.15, 0.2) is 6.33 Å². The van der Waals surface area contributed by atoms with Gasteiger partial charge >= 0.3 is 0 Å². The summed E-state index contributed by atoms with van der Waals surface area (Å²) in [5.41, 5.74) is 6.29. The van der Waals surface area contributed by atoms with Gasteiger partial charge in [-0.2, -0.15) is 0 Å². The first-order valence-electron chi connectivity index (χ1n) is 6.29. The Morgan fingerprint density at radius 3 is 2.62 bits per heavy atom. The van der Waals surface area contributed by atoms with Crippen LogP contribution in [0.25, 0.3) is 11.2 Å². The van der Waals surface area contributed by atoms with Crippen LogP contribution in [0, 0.1) is 0 Å². The van der Waals surface area contributed by atoms with Crippen molar-refractivity contribution in [3.8, 4) is 0 Å². The van der Waals surface area contributed by atoms with Gasteiger partial charge in [0, 0.05) is 0 Å². The smallest absolute Gasteiger partial charge is 0.168 e. The maximum atomic E-state index is 10.0. The third-order valence-electron chi connectivity index (χ3n) is 3.43. The molecule has 0 saturated carbocycles. The summed E-state index contributed by atoms with van der Waals surface area (Å²) >= 11 is 0. The topological polar surface area (TPSA) is 160 Å². The molecule has 10 heteroatoms. The first-order chi connectivity index (χ1) is 10.1. The number of nitrogens with two attached hydrogens (primary N) is 1. The lowest BCUT2D eigenvalue weighted by atomic mass is 10.1. The van der Waals surface area contributed by atoms with E-state index in [4.69, 9.17) is 20.7 Å². The summed E-state index contributed by atoms with van der Waals surface area (Å²) in [4.78, 5) is 12.0. The number of rotatable bonds is 3. The zero-order chi connectivity index (χ0) is 15.1. The molecule has 1 saturated heterocycles. The summed E-state index contributed by atoms with van der Waals surface area (Å²) in [6.07, 6.45) is -3.01. The van der Waals surface area contributed by atoms with Crippen LogP contribution in [0.5, 0.6) is 0 Å². The normalized spacial score (nSPS) is 29.3. The Bertz CT molecular complexity index is 662. The number of fused-ring (bicyclic) bond motifs is 1. The molecule has 2 aromatic heterocycles. The fourth-order valence-electron chi connectivity index (χ4n) is 2.35. The maximum Gasteiger partial charge on any atom is 0.168 e. The number of ether oxygens (including phenoxy) is 1. The van der Waals surface area contributed by atoms with Crippen LogP contribution >= 0.6 is 0 Å². The van der Waals surface area contributed by atoms with E-state index in [1.807, 2.05) is 0 Å². The van der Waals surface area contributed by atoms with Crippen molar-refractivity contribution in [1.29, 1.82) is 0 Å². The molecule has 6 N–H and O–H groups in total. The van der Waals surface area contributed by atoms with Crippen LogP contribution in [-0.4, -0.2) is 64.9 Å². The summed E-state index contributed by atoms with van der Waals surface area (Å²) in [7, 11) is 0. The predicted octanol–water partition coefficient (Wildman–Crippen LogP) is -2.49. The van der Waals surface area contributed by atoms with Crippen molar-refractivity contribution in [1.82, 2.24) is 19.5 Å². The highest BCUT2D eigenvalue weighted by Crippen LogP contribution is 2.31. The molecule has 114 valence electrons. The molecular formula is C11H15N5O5. The number of hydrogen-bond acceptors (Lipinski definition) is 9. The van der Waals surface area contributed by atoms with Crippen molar-refractivity contribution in [3.05, 3.63) is 12.2 Å². The molecule has 0 aromatic carbocycles. The van der Waals surface area contributed by atoms with E-state index in [0.29, 0.717) is 5.52 Å². The largest absolute Gasteiger partial charge is 0.394 e. The summed E-state index contributed by atoms with van der Waals surface area (Å²) in [5.74, 6) is 0.197. The SMILES string of the molecule is Nc1nc(CO)nc2c1ncn2[C@H]1O[C@H](CO)[C@@H](O)[C@@H]1O. The van der Waals surface area contributed by atoms with E-state index < -0.39 is 37.8 Å². The summed E-state index contributed by atoms with van der Waals surface area (Å²) < 4.78 is 6.80. The minimum Gasteiger partial charge on any atom is -0.394 e. The third kappa shape index (κ3) is 2.13. The molecule has 0 unspecified atom stereocenters. The first kappa shape index (κ1) is 14.1. The van der Waals surface area contributed by atoms with Crippen LogP contribution in [0.1, 0.15) is 12.1 Å². The number of aliphatic hydroxyl groups excluding tert-OH is 4. The quantitative estimate of drug-likeness (QED) is 0.413. The highest BCUT2D eigenvalue weighted by Gasteiger charge is 2.44. The summed E-state index contributed by atoms with van der Waals surface area (Å²) in [5, 5.41) is 38.1. The number of nitrogens with zero attached hydrogens (tertiary/aromatic N) is 4. The first-order valence-corrected chi connectivity index (χ1v) is 6.29. The van der Waals surface area contributed by atoms with Crippen molar-refractivity contribution < 1.29 is 25.2 Å². The fraction of sp³-hybridized carbons (Fsp3) is 0.545. The zero-order valence-electron chi connectivity index (χ0n) is 10.9. The number of aliphatic hydroxyl groups is 4. The average molecular weight is 297 g/mol. The van der Waals surface area contributed by atoms with E-state index >= 15 is 0 Å². The van der Waals surface area contributed by atoms with Gasteiger partial charge in [-0.1, -0.05) is 0 Å². The lowest BCUT2D eigenvalue weighted by Crippen LogP contribution is -2.33. The minimum absolute atomic E-state index is 0.0922. The van der Waals surface area contributed by atoms with Crippen LogP contribution < -0.4 is 5.73 Å². The molecule has 0 spiro atoms. The maximum absolute atomic E-state index is 10.0. The van der Waals surface area contributed by atoms with Gasteiger partial charge in [0.2, 0.25) is 0 Å². The molecule has 4 atom stereocenters. The van der Waals surface area contributed by atoms with Gasteiger partial charge in [-0.05, 0) is 0 Å². The molecule has 21 heavy (non-hydrogen) atoms. The third-order valence-corrected chi connectivity index (χ3v) is 3.43. The Hall–Kier alpha value is -1.85. The highest BCUT2D eigenvalue weighted by molar-refractivity contribution is 5.81. The van der Waals surface area contributed by atoms with Crippen molar-refractivity contribution in [3.63, 3.8) is 0 Å². The van der Waals surface area contributed by atoms with Crippen molar-refractivity contribution in [2.75, 3.05) is 12.3 Å². The lowest BCUT2D eigenvalue weighted by Gasteiger charge is -2.16. The van der Waals surface area contributed by atoms with E-state index in [2.05, 4.69) is 15.0 Å². The van der Waals surface area contributed by atoms with E-state index in [1.54, 1.807) is 0 Å². The standard InChI is InChI=1S/C11H15N5O5/c12-9-6-10(15-5(2-18)14-9)16(3-13-6)11-8(20)7(19)4(1-17)21-11/h3-4,7-8,11,17-20H,1-2H2,(H2,12,14,15)/t4-,7-,8+,11+/m1/s1. The molecule has 1 aliphatic rings. The van der Waals surface area contributed by atoms with Crippen LogP contribution in [0.3, 0.4) is 0 Å². The highest BCUT2D eigenvalue weighted by atomic mass is 16.6. The molecule has 2 aromatic rings. The Morgan fingerprint density at radius 2 is 2.00 bits per heavy atom. The van der Waals surface area contributed by atoms with Crippen LogP contribution in [0.2, 0.25) is 0 Å². The van der Waals surface area contributed by atoms with Gasteiger partial charge in [0.15, 0.2) is 23.5 Å². The molecule has 10 nitrogen and oxygen atoms in total. The van der Waals surface area contributed by atoms with E-state index in [1.165, 1.54) is 10.9 Å². The molecule has 0 aliphatic carbocycles. The van der Waals surface area contributed by atoms with Gasteiger partial charge in [0.25, 0.3) is 0 Å². The molecule has 3 heterocycles. The second-order valence-electron chi connectivity index (χ2n) is 4.74. The number of hydrogen-bond donors (Lipinski definition) is 5. The van der Waals surface area contributed by atoms with Gasteiger partial charge in [-0.25, -0.2) is 15.0 Å². The molecule has 3 rings (SSSR count). The van der Waals surface area contributed by atoms with E-state index in [9.17, 15) is 10.2 Å². The Kier molecular flexibility index (Phi) is 3.47. The van der Waals surface area contributed by atoms with Crippen LogP contribution in [-0.2, 0) is 11.3 Å². The van der Waals surface area contributed by atoms with Gasteiger partial charge in [-0.3, -0.25) is 4.57 Å². The summed E-state index contributed by atoms with van der Waals surface area (Å²) in [6, 6.07) is 0. The van der Waals surface area contributed by atoms with Crippen LogP contribution in [0.4, 0.5) is 5.82 Å². The Balaban J connectivity index is 2.07. The second-order valence-corrected chi connectivity index (χ2v) is 4.74. The van der Waals surface area contributed by atoms with E-state index in [0.717, 1.165) is 0 Å². The molecular weight excluding hydrogens is 282 g/mol. The van der Waals surface area contributed by atoms with Gasteiger partial charge < -0.3 is 30.9 Å². The van der Waals surface area contributed by atoms with Gasteiger partial charge in [0.05, 0.1) is 12.9 Å². The number of nitrogen functional groups attached to an aromatic ring is 1. The van der Waals surface area contributed by atoms with Crippen molar-refractivity contribution in [2.24, 2.45) is 0 Å². The second kappa shape index (κ2) is 5.16. The molecule has 1 aliphatic heterocycles. The zero-order valence-corrected chi connectivity index (χ0v) is 10.9. The van der Waals surface area contributed by atoms with Gasteiger partial charge in [-0.15, -0.1) is 0 Å². The molecule has 0 radical (unpaired) electrons. The molecule has 1 fully saturated rings. The minimum atomic E-state index is -1.26.